The molecule has 0 aromatic heterocycles. The fourth-order valence-electron chi connectivity index (χ4n) is 5.21. The zero-order valence-electron chi connectivity index (χ0n) is 22.2. The molecule has 6 aromatic carbocycles. The highest BCUT2D eigenvalue weighted by Crippen LogP contribution is 2.38. The Labute approximate surface area is 230 Å². The molecule has 0 radical (unpaired) electrons. The summed E-state index contributed by atoms with van der Waals surface area (Å²) >= 11 is 0. The van der Waals surface area contributed by atoms with Crippen LogP contribution < -0.4 is 4.90 Å². The Morgan fingerprint density at radius 2 is 1.00 bits per heavy atom. The lowest BCUT2D eigenvalue weighted by Gasteiger charge is -2.26. The molecule has 0 fully saturated rings. The summed E-state index contributed by atoms with van der Waals surface area (Å²) in [5, 5.41) is 4.88. The molecule has 0 saturated heterocycles. The number of nitrogens with zero attached hydrogens (tertiary/aromatic N) is 1. The minimum atomic E-state index is 0.222. The van der Waals surface area contributed by atoms with Gasteiger partial charge >= 0.3 is 0 Å². The van der Waals surface area contributed by atoms with Crippen molar-refractivity contribution in [3.05, 3.63) is 139 Å². The molecule has 0 unspecified atom stereocenters. The maximum absolute atomic E-state index is 12.4. The molecule has 0 heterocycles. The van der Waals surface area contributed by atoms with Crippen LogP contribution >= 0.6 is 0 Å². The second-order valence-electron chi connectivity index (χ2n) is 10.0. The highest BCUT2D eigenvalue weighted by Gasteiger charge is 2.14. The van der Waals surface area contributed by atoms with Crippen LogP contribution in [0.15, 0.2) is 133 Å². The van der Waals surface area contributed by atoms with Gasteiger partial charge in [-0.05, 0) is 75.5 Å². The predicted octanol–water partition coefficient (Wildman–Crippen LogP) is 10.5. The van der Waals surface area contributed by atoms with E-state index in [2.05, 4.69) is 133 Å². The smallest absolute Gasteiger partial charge is 0.162 e. The standard InChI is InChI=1S/C37H31NO/c1-2-3-12-37(39)31-15-13-29(14-16-31)30-17-21-34(22-18-30)38(35-23-19-27-8-4-6-10-32(27)25-35)36-24-20-28-9-5-7-11-33(28)26-36/h4-11,13-26H,2-3,12H2,1H3. The number of ketones is 1. The number of Topliss-reactive ketones (excluding diaryl/α,β-unsaturated/α-hetero) is 1. The average molecular weight is 506 g/mol. The molecular weight excluding hydrogens is 474 g/mol. The van der Waals surface area contributed by atoms with E-state index < -0.39 is 0 Å². The number of rotatable bonds is 8. The van der Waals surface area contributed by atoms with Crippen LogP contribution in [0.5, 0.6) is 0 Å². The highest BCUT2D eigenvalue weighted by molar-refractivity contribution is 5.96. The van der Waals surface area contributed by atoms with E-state index in [4.69, 9.17) is 0 Å². The van der Waals surface area contributed by atoms with Gasteiger partial charge in [-0.1, -0.05) is 110 Å². The molecule has 190 valence electrons. The molecule has 0 amide bonds. The molecule has 0 aliphatic carbocycles. The van der Waals surface area contributed by atoms with Crippen molar-refractivity contribution in [3.63, 3.8) is 0 Å². The van der Waals surface area contributed by atoms with E-state index >= 15 is 0 Å². The quantitative estimate of drug-likeness (QED) is 0.192. The number of carbonyl (C=O) groups is 1. The summed E-state index contributed by atoms with van der Waals surface area (Å²) in [5.41, 5.74) is 6.36. The minimum Gasteiger partial charge on any atom is -0.310 e. The second-order valence-corrected chi connectivity index (χ2v) is 10.0. The summed E-state index contributed by atoms with van der Waals surface area (Å²) < 4.78 is 0. The summed E-state index contributed by atoms with van der Waals surface area (Å²) in [4.78, 5) is 14.7. The van der Waals surface area contributed by atoms with Gasteiger partial charge in [0.1, 0.15) is 0 Å². The maximum Gasteiger partial charge on any atom is 0.162 e. The van der Waals surface area contributed by atoms with Crippen LogP contribution in [-0.2, 0) is 0 Å². The van der Waals surface area contributed by atoms with Crippen molar-refractivity contribution >= 4 is 44.4 Å². The Balaban J connectivity index is 1.37. The molecule has 6 aromatic rings. The van der Waals surface area contributed by atoms with E-state index in [0.29, 0.717) is 6.42 Å². The Kier molecular flexibility index (Phi) is 6.93. The molecule has 0 aliphatic rings. The van der Waals surface area contributed by atoms with Crippen molar-refractivity contribution in [2.24, 2.45) is 0 Å². The van der Waals surface area contributed by atoms with Gasteiger partial charge in [-0.15, -0.1) is 0 Å². The summed E-state index contributed by atoms with van der Waals surface area (Å²) in [5.74, 6) is 0.222. The molecule has 0 bridgehead atoms. The van der Waals surface area contributed by atoms with Gasteiger partial charge in [-0.25, -0.2) is 0 Å². The lowest BCUT2D eigenvalue weighted by molar-refractivity contribution is 0.0980. The lowest BCUT2D eigenvalue weighted by atomic mass is 10.00. The zero-order chi connectivity index (χ0) is 26.6. The summed E-state index contributed by atoms with van der Waals surface area (Å²) in [6.07, 6.45) is 2.59. The second kappa shape index (κ2) is 11.0. The van der Waals surface area contributed by atoms with Crippen LogP contribution in [0.4, 0.5) is 17.1 Å². The normalized spacial score (nSPS) is 11.1. The molecular formula is C37H31NO. The first kappa shape index (κ1) is 24.6. The fourth-order valence-corrected chi connectivity index (χ4v) is 5.21. The van der Waals surface area contributed by atoms with E-state index in [-0.39, 0.29) is 5.78 Å². The van der Waals surface area contributed by atoms with E-state index in [0.717, 1.165) is 46.6 Å². The van der Waals surface area contributed by atoms with Crippen molar-refractivity contribution in [2.45, 2.75) is 26.2 Å². The summed E-state index contributed by atoms with van der Waals surface area (Å²) in [6, 6.07) is 47.0. The van der Waals surface area contributed by atoms with Crippen molar-refractivity contribution in [3.8, 4) is 11.1 Å². The molecule has 0 spiro atoms. The Hall–Kier alpha value is -4.69. The van der Waals surface area contributed by atoms with Crippen LogP contribution in [0.3, 0.4) is 0 Å². The van der Waals surface area contributed by atoms with Gasteiger partial charge in [0.15, 0.2) is 5.78 Å². The Bertz CT molecular complexity index is 1670. The lowest BCUT2D eigenvalue weighted by Crippen LogP contribution is -2.09. The molecule has 2 heteroatoms. The third-order valence-corrected chi connectivity index (χ3v) is 7.41. The van der Waals surface area contributed by atoms with Crippen LogP contribution in [-0.4, -0.2) is 5.78 Å². The SMILES string of the molecule is CCCCC(=O)c1ccc(-c2ccc(N(c3ccc4ccccc4c3)c3ccc4ccccc4c3)cc2)cc1. The van der Waals surface area contributed by atoms with Gasteiger partial charge in [0.25, 0.3) is 0 Å². The average Bonchev–Trinajstić information content (AvgIpc) is 3.00. The molecule has 2 nitrogen and oxygen atoms in total. The monoisotopic (exact) mass is 505 g/mol. The summed E-state index contributed by atoms with van der Waals surface area (Å²) in [6.45, 7) is 2.11. The molecule has 6 rings (SSSR count). The van der Waals surface area contributed by atoms with E-state index in [9.17, 15) is 4.79 Å². The molecule has 0 N–H and O–H groups in total. The topological polar surface area (TPSA) is 20.3 Å². The van der Waals surface area contributed by atoms with E-state index in [1.165, 1.54) is 21.5 Å². The zero-order valence-corrected chi connectivity index (χ0v) is 22.2. The summed E-state index contributed by atoms with van der Waals surface area (Å²) in [7, 11) is 0. The molecule has 0 aliphatic heterocycles. The number of hydrogen-bond acceptors (Lipinski definition) is 2. The third kappa shape index (κ3) is 5.19. The first-order valence-corrected chi connectivity index (χ1v) is 13.7. The van der Waals surface area contributed by atoms with Crippen LogP contribution in [0, 0.1) is 0 Å². The van der Waals surface area contributed by atoms with Gasteiger partial charge in [-0.2, -0.15) is 0 Å². The van der Waals surface area contributed by atoms with Gasteiger partial charge in [0.05, 0.1) is 0 Å². The first-order valence-electron chi connectivity index (χ1n) is 13.7. The predicted molar refractivity (Wildman–Crippen MR) is 165 cm³/mol. The van der Waals surface area contributed by atoms with Crippen molar-refractivity contribution < 1.29 is 4.79 Å². The first-order chi connectivity index (χ1) is 19.2. The van der Waals surface area contributed by atoms with Crippen molar-refractivity contribution in [1.82, 2.24) is 0 Å². The van der Waals surface area contributed by atoms with Gasteiger partial charge in [0, 0.05) is 29.0 Å². The fraction of sp³-hybridized carbons (Fsp3) is 0.108. The van der Waals surface area contributed by atoms with E-state index in [1.54, 1.807) is 0 Å². The van der Waals surface area contributed by atoms with Gasteiger partial charge in [0.2, 0.25) is 0 Å². The van der Waals surface area contributed by atoms with Crippen LogP contribution in [0.25, 0.3) is 32.7 Å². The number of anilines is 3. The molecule has 0 atom stereocenters. The number of unbranched alkanes of at least 4 members (excludes halogenated alkanes) is 1. The largest absolute Gasteiger partial charge is 0.310 e. The van der Waals surface area contributed by atoms with Gasteiger partial charge in [-0.3, -0.25) is 4.79 Å². The Morgan fingerprint density at radius 1 is 0.538 bits per heavy atom. The maximum atomic E-state index is 12.4. The number of fused-ring (bicyclic) bond motifs is 2. The van der Waals surface area contributed by atoms with E-state index in [1.807, 2.05) is 12.1 Å². The number of carbonyl (C=O) groups excluding carboxylic acids is 1. The third-order valence-electron chi connectivity index (χ3n) is 7.41. The Morgan fingerprint density at radius 3 is 1.51 bits per heavy atom. The van der Waals surface area contributed by atoms with Crippen LogP contribution in [0.2, 0.25) is 0 Å². The van der Waals surface area contributed by atoms with Gasteiger partial charge < -0.3 is 4.90 Å². The minimum absolute atomic E-state index is 0.222. The van der Waals surface area contributed by atoms with Crippen LogP contribution in [0.1, 0.15) is 36.5 Å². The number of benzene rings is 6. The molecule has 0 saturated carbocycles. The molecule has 39 heavy (non-hydrogen) atoms. The van der Waals surface area contributed by atoms with Crippen molar-refractivity contribution in [2.75, 3.05) is 4.90 Å². The highest BCUT2D eigenvalue weighted by atomic mass is 16.1. The van der Waals surface area contributed by atoms with Crippen molar-refractivity contribution in [1.29, 1.82) is 0 Å². The number of hydrogen-bond donors (Lipinski definition) is 0.